The molecular weight excluding hydrogens is 454 g/mol. The lowest BCUT2D eigenvalue weighted by Crippen LogP contribution is -2.59. The number of esters is 3. The summed E-state index contributed by atoms with van der Waals surface area (Å²) in [6.45, 7) is 12.4. The highest BCUT2D eigenvalue weighted by atomic mass is 16.6. The average Bonchev–Trinajstić information content (AvgIpc) is 2.73. The fourth-order valence-corrected chi connectivity index (χ4v) is 3.31. The number of nitrogens with one attached hydrogen (secondary N) is 1. The van der Waals surface area contributed by atoms with Gasteiger partial charge in [0.25, 0.3) is 5.72 Å². The van der Waals surface area contributed by atoms with Gasteiger partial charge in [0.15, 0.2) is 11.5 Å². The first kappa shape index (κ1) is 30.1. The molecule has 0 radical (unpaired) electrons. The topological polar surface area (TPSA) is 128 Å². The molecule has 0 heterocycles. The van der Waals surface area contributed by atoms with E-state index in [9.17, 15) is 24.3 Å². The van der Waals surface area contributed by atoms with E-state index in [0.29, 0.717) is 5.56 Å². The van der Waals surface area contributed by atoms with Gasteiger partial charge < -0.3 is 19.3 Å². The van der Waals surface area contributed by atoms with Crippen molar-refractivity contribution in [3.8, 4) is 11.5 Å². The first-order chi connectivity index (χ1) is 16.3. The molecule has 35 heavy (non-hydrogen) atoms. The van der Waals surface area contributed by atoms with Crippen LogP contribution in [0.2, 0.25) is 0 Å². The van der Waals surface area contributed by atoms with Gasteiger partial charge in [-0.15, -0.1) is 0 Å². The highest BCUT2D eigenvalue weighted by molar-refractivity contribution is 5.81. The molecule has 0 aliphatic carbocycles. The number of rotatable bonds is 14. The number of hydrogen-bond acceptors (Lipinski definition) is 8. The molecule has 0 aromatic heterocycles. The molecule has 9 nitrogen and oxygen atoms in total. The Morgan fingerprint density at radius 1 is 0.914 bits per heavy atom. The second-order valence-electron chi connectivity index (χ2n) is 9.37. The maximum atomic E-state index is 12.5. The summed E-state index contributed by atoms with van der Waals surface area (Å²) in [5.74, 6) is -2.82. The number of carboxylic acid groups (broad SMARTS) is 1. The molecule has 0 fully saturated rings. The first-order valence-corrected chi connectivity index (χ1v) is 12.1. The predicted octanol–water partition coefficient (Wildman–Crippen LogP) is 4.25. The molecule has 1 aromatic rings. The molecule has 196 valence electrons. The Balaban J connectivity index is 3.37. The largest absolute Gasteiger partial charge is 0.477 e. The third-order valence-corrected chi connectivity index (χ3v) is 5.52. The summed E-state index contributed by atoms with van der Waals surface area (Å²) in [5.41, 5.74) is -1.64. The zero-order chi connectivity index (χ0) is 26.8. The number of ether oxygens (including phenoxy) is 3. The Labute approximate surface area is 207 Å². The SMILES string of the molecule is CCC(C)CC(=O)Oc1ccc(C[C@](NC(C)C)(OC(C)=O)C(=O)O)cc1OC(=O)CC(C)CC. The Morgan fingerprint density at radius 3 is 1.86 bits per heavy atom. The average molecular weight is 494 g/mol. The van der Waals surface area contributed by atoms with Crippen LogP contribution < -0.4 is 14.8 Å². The molecule has 2 N–H and O–H groups in total. The Bertz CT molecular complexity index is 897. The predicted molar refractivity (Wildman–Crippen MR) is 130 cm³/mol. The van der Waals surface area contributed by atoms with Gasteiger partial charge in [-0.3, -0.25) is 19.7 Å². The van der Waals surface area contributed by atoms with E-state index in [2.05, 4.69) is 5.32 Å². The van der Waals surface area contributed by atoms with Crippen molar-refractivity contribution >= 4 is 23.9 Å². The molecule has 0 spiro atoms. The number of carbonyl (C=O) groups excluding carboxylic acids is 3. The molecule has 0 aliphatic rings. The molecule has 0 saturated heterocycles. The number of carbonyl (C=O) groups is 4. The van der Waals surface area contributed by atoms with E-state index in [0.717, 1.165) is 19.8 Å². The van der Waals surface area contributed by atoms with Crippen LogP contribution in [0.15, 0.2) is 18.2 Å². The summed E-state index contributed by atoms with van der Waals surface area (Å²) in [4.78, 5) is 48.8. The van der Waals surface area contributed by atoms with Gasteiger partial charge >= 0.3 is 23.9 Å². The van der Waals surface area contributed by atoms with E-state index in [4.69, 9.17) is 14.2 Å². The zero-order valence-corrected chi connectivity index (χ0v) is 21.8. The van der Waals surface area contributed by atoms with Crippen molar-refractivity contribution in [1.29, 1.82) is 0 Å². The van der Waals surface area contributed by atoms with Crippen LogP contribution in [0.3, 0.4) is 0 Å². The molecule has 3 atom stereocenters. The minimum Gasteiger partial charge on any atom is -0.477 e. The highest BCUT2D eigenvalue weighted by Crippen LogP contribution is 2.32. The number of hydrogen-bond donors (Lipinski definition) is 2. The van der Waals surface area contributed by atoms with Gasteiger partial charge in [0.1, 0.15) is 0 Å². The maximum absolute atomic E-state index is 12.5. The third-order valence-electron chi connectivity index (χ3n) is 5.52. The first-order valence-electron chi connectivity index (χ1n) is 12.1. The quantitative estimate of drug-likeness (QED) is 0.222. The van der Waals surface area contributed by atoms with Gasteiger partial charge in [-0.1, -0.05) is 46.6 Å². The van der Waals surface area contributed by atoms with Crippen molar-refractivity contribution in [2.45, 2.75) is 92.3 Å². The van der Waals surface area contributed by atoms with Crippen molar-refractivity contribution in [1.82, 2.24) is 5.32 Å². The smallest absolute Gasteiger partial charge is 0.364 e. The van der Waals surface area contributed by atoms with Crippen LogP contribution >= 0.6 is 0 Å². The molecular formula is C26H39NO8. The van der Waals surface area contributed by atoms with E-state index < -0.39 is 29.6 Å². The molecule has 0 aliphatic heterocycles. The standard InChI is InChI=1S/C26H39NO8/c1-8-17(5)12-23(29)33-21-11-10-20(14-22(21)34-24(30)13-18(6)9-2)15-26(25(31)32,27-16(3)4)35-19(7)28/h10-11,14,16-18,27H,8-9,12-13,15H2,1-7H3,(H,31,32)/t17?,18?,26-/m0/s1. The lowest BCUT2D eigenvalue weighted by molar-refractivity contribution is -0.182. The Kier molecular flexibility index (Phi) is 11.9. The third kappa shape index (κ3) is 10.1. The summed E-state index contributed by atoms with van der Waals surface area (Å²) in [7, 11) is 0. The Hall–Kier alpha value is -2.94. The van der Waals surface area contributed by atoms with E-state index in [1.165, 1.54) is 12.1 Å². The minimum atomic E-state index is -2.03. The second kappa shape index (κ2) is 13.8. The summed E-state index contributed by atoms with van der Waals surface area (Å²) >= 11 is 0. The molecule has 0 bridgehead atoms. The summed E-state index contributed by atoms with van der Waals surface area (Å²) in [6.07, 6.45) is 1.71. The molecule has 2 unspecified atom stereocenters. The van der Waals surface area contributed by atoms with Crippen LogP contribution in [-0.2, 0) is 30.3 Å². The lowest BCUT2D eigenvalue weighted by Gasteiger charge is -2.32. The maximum Gasteiger partial charge on any atom is 0.364 e. The molecule has 9 heteroatoms. The van der Waals surface area contributed by atoms with Crippen molar-refractivity contribution in [2.24, 2.45) is 11.8 Å². The molecule has 0 amide bonds. The summed E-state index contributed by atoms with van der Waals surface area (Å²) in [6, 6.07) is 4.11. The van der Waals surface area contributed by atoms with Gasteiger partial charge in [0.05, 0.1) is 0 Å². The highest BCUT2D eigenvalue weighted by Gasteiger charge is 2.43. The van der Waals surface area contributed by atoms with E-state index in [-0.39, 0.29) is 48.6 Å². The lowest BCUT2D eigenvalue weighted by atomic mass is 10.0. The Morgan fingerprint density at radius 2 is 1.43 bits per heavy atom. The minimum absolute atomic E-state index is 0.0000321. The number of benzene rings is 1. The van der Waals surface area contributed by atoms with Crippen LogP contribution in [0, 0.1) is 11.8 Å². The van der Waals surface area contributed by atoms with Crippen molar-refractivity contribution in [2.75, 3.05) is 0 Å². The number of aliphatic carboxylic acids is 1. The molecule has 1 rings (SSSR count). The fourth-order valence-electron chi connectivity index (χ4n) is 3.31. The van der Waals surface area contributed by atoms with Crippen molar-refractivity contribution in [3.63, 3.8) is 0 Å². The van der Waals surface area contributed by atoms with E-state index in [1.54, 1.807) is 19.9 Å². The zero-order valence-electron chi connectivity index (χ0n) is 21.8. The summed E-state index contributed by atoms with van der Waals surface area (Å²) < 4.78 is 16.2. The van der Waals surface area contributed by atoms with Crippen LogP contribution in [0.1, 0.15) is 79.7 Å². The van der Waals surface area contributed by atoms with Gasteiger partial charge in [0, 0.05) is 32.2 Å². The molecule has 0 saturated carbocycles. The van der Waals surface area contributed by atoms with Crippen molar-refractivity contribution < 1.29 is 38.5 Å². The normalized spacial score (nSPS) is 14.5. The van der Waals surface area contributed by atoms with Crippen LogP contribution in [-0.4, -0.2) is 40.8 Å². The van der Waals surface area contributed by atoms with Gasteiger partial charge in [-0.25, -0.2) is 4.79 Å². The molecule has 1 aromatic carbocycles. The van der Waals surface area contributed by atoms with Crippen LogP contribution in [0.5, 0.6) is 11.5 Å². The number of carboxylic acids is 1. The summed E-state index contributed by atoms with van der Waals surface area (Å²) in [5, 5.41) is 12.7. The second-order valence-corrected chi connectivity index (χ2v) is 9.37. The van der Waals surface area contributed by atoms with Crippen LogP contribution in [0.4, 0.5) is 0 Å². The van der Waals surface area contributed by atoms with Crippen molar-refractivity contribution in [3.05, 3.63) is 23.8 Å². The van der Waals surface area contributed by atoms with E-state index in [1.807, 2.05) is 27.7 Å². The van der Waals surface area contributed by atoms with Crippen LogP contribution in [0.25, 0.3) is 0 Å². The van der Waals surface area contributed by atoms with Gasteiger partial charge in [-0.05, 0) is 43.4 Å². The fraction of sp³-hybridized carbons (Fsp3) is 0.615. The monoisotopic (exact) mass is 493 g/mol. The van der Waals surface area contributed by atoms with Gasteiger partial charge in [0.2, 0.25) is 0 Å². The van der Waals surface area contributed by atoms with E-state index >= 15 is 0 Å². The van der Waals surface area contributed by atoms with Gasteiger partial charge in [-0.2, -0.15) is 0 Å².